The van der Waals surface area contributed by atoms with E-state index in [9.17, 15) is 14.7 Å². The molecule has 2 aromatic carbocycles. The first-order valence-corrected chi connectivity index (χ1v) is 10.9. The highest BCUT2D eigenvalue weighted by molar-refractivity contribution is 5.97. The van der Waals surface area contributed by atoms with Gasteiger partial charge in [-0.2, -0.15) is 0 Å². The second-order valence-corrected chi connectivity index (χ2v) is 8.67. The zero-order valence-electron chi connectivity index (χ0n) is 17.4. The summed E-state index contributed by atoms with van der Waals surface area (Å²) >= 11 is 0. The third kappa shape index (κ3) is 4.41. The topological polar surface area (TPSA) is 60.9 Å². The van der Waals surface area contributed by atoms with Gasteiger partial charge in [0.25, 0.3) is 5.91 Å². The molecule has 0 saturated carbocycles. The molecule has 1 N–H and O–H groups in total. The average molecular weight is 407 g/mol. The summed E-state index contributed by atoms with van der Waals surface area (Å²) in [6, 6.07) is 17.7. The van der Waals surface area contributed by atoms with Crippen molar-refractivity contribution in [2.24, 2.45) is 5.41 Å². The summed E-state index contributed by atoms with van der Waals surface area (Å²) < 4.78 is 0. The molecule has 2 saturated heterocycles. The second-order valence-electron chi connectivity index (χ2n) is 8.67. The number of benzene rings is 2. The van der Waals surface area contributed by atoms with E-state index in [1.54, 1.807) is 4.90 Å². The van der Waals surface area contributed by atoms with Crippen LogP contribution in [0.3, 0.4) is 0 Å². The number of amides is 2. The van der Waals surface area contributed by atoms with E-state index in [4.69, 9.17) is 0 Å². The molecule has 2 fully saturated rings. The number of hydrogen-bond donors (Lipinski definition) is 1. The average Bonchev–Trinajstić information content (AvgIpc) is 3.24. The Hall–Kier alpha value is -2.66. The molecule has 0 unspecified atom stereocenters. The van der Waals surface area contributed by atoms with Crippen LogP contribution >= 0.6 is 0 Å². The molecule has 30 heavy (non-hydrogen) atoms. The molecule has 0 bridgehead atoms. The number of aryl methyl sites for hydroxylation is 1. The fourth-order valence-electron chi connectivity index (χ4n) is 4.74. The quantitative estimate of drug-likeness (QED) is 0.796. The van der Waals surface area contributed by atoms with Gasteiger partial charge < -0.3 is 14.9 Å². The van der Waals surface area contributed by atoms with E-state index in [1.165, 1.54) is 5.56 Å². The largest absolute Gasteiger partial charge is 0.396 e. The van der Waals surface area contributed by atoms with Crippen molar-refractivity contribution in [3.8, 4) is 0 Å². The smallest absolute Gasteiger partial charge is 0.253 e. The lowest BCUT2D eigenvalue weighted by atomic mass is 9.76. The number of aliphatic hydroxyl groups excluding tert-OH is 1. The van der Waals surface area contributed by atoms with Crippen molar-refractivity contribution in [2.75, 3.05) is 31.1 Å². The Balaban J connectivity index is 1.42. The maximum Gasteiger partial charge on any atom is 0.253 e. The van der Waals surface area contributed by atoms with Crippen molar-refractivity contribution in [2.45, 2.75) is 38.5 Å². The number of aliphatic hydroxyl groups is 1. The second kappa shape index (κ2) is 9.00. The fourth-order valence-corrected chi connectivity index (χ4v) is 4.74. The van der Waals surface area contributed by atoms with Crippen LogP contribution < -0.4 is 4.90 Å². The molecule has 4 rings (SSSR count). The van der Waals surface area contributed by atoms with Gasteiger partial charge in [0, 0.05) is 42.7 Å². The highest BCUT2D eigenvalue weighted by atomic mass is 16.3. The first kappa shape index (κ1) is 20.6. The summed E-state index contributed by atoms with van der Waals surface area (Å²) in [6.45, 7) is 2.15. The predicted molar refractivity (Wildman–Crippen MR) is 117 cm³/mol. The predicted octanol–water partition coefficient (Wildman–Crippen LogP) is 3.66. The molecular weight excluding hydrogens is 376 g/mol. The fraction of sp³-hybridized carbons (Fsp3) is 0.440. The van der Waals surface area contributed by atoms with Crippen molar-refractivity contribution in [3.63, 3.8) is 0 Å². The van der Waals surface area contributed by atoms with Gasteiger partial charge in [0.05, 0.1) is 6.61 Å². The Morgan fingerprint density at radius 2 is 1.77 bits per heavy atom. The molecule has 2 aromatic rings. The molecule has 2 heterocycles. The van der Waals surface area contributed by atoms with Gasteiger partial charge in [-0.05, 0) is 61.9 Å². The summed E-state index contributed by atoms with van der Waals surface area (Å²) in [4.78, 5) is 28.8. The Morgan fingerprint density at radius 3 is 2.43 bits per heavy atom. The molecule has 2 amide bonds. The van der Waals surface area contributed by atoms with E-state index in [-0.39, 0.29) is 23.8 Å². The Kier molecular flexibility index (Phi) is 6.18. The molecule has 0 spiro atoms. The third-order valence-corrected chi connectivity index (χ3v) is 6.57. The summed E-state index contributed by atoms with van der Waals surface area (Å²) in [5.74, 6) is 0.155. The van der Waals surface area contributed by atoms with Crippen LogP contribution in [-0.2, 0) is 11.2 Å². The first-order chi connectivity index (χ1) is 14.6. The number of nitrogens with zero attached hydrogens (tertiary/aromatic N) is 2. The summed E-state index contributed by atoms with van der Waals surface area (Å²) in [7, 11) is 0. The Morgan fingerprint density at radius 1 is 1.00 bits per heavy atom. The maximum absolute atomic E-state index is 13.1. The van der Waals surface area contributed by atoms with Crippen molar-refractivity contribution >= 4 is 17.5 Å². The van der Waals surface area contributed by atoms with E-state index < -0.39 is 0 Å². The van der Waals surface area contributed by atoms with Gasteiger partial charge in [-0.3, -0.25) is 9.59 Å². The van der Waals surface area contributed by atoms with E-state index >= 15 is 0 Å². The molecule has 158 valence electrons. The Bertz CT molecular complexity index is 881. The van der Waals surface area contributed by atoms with Crippen molar-refractivity contribution in [1.29, 1.82) is 0 Å². The van der Waals surface area contributed by atoms with Gasteiger partial charge in [-0.25, -0.2) is 0 Å². The van der Waals surface area contributed by atoms with Gasteiger partial charge in [0.2, 0.25) is 5.91 Å². The minimum absolute atomic E-state index is 0.00605. The van der Waals surface area contributed by atoms with Crippen LogP contribution in [0.2, 0.25) is 0 Å². The minimum atomic E-state index is -0.244. The standard InChI is InChI=1S/C25H30N2O3/c28-19-25(15-13-20-6-2-1-3-7-20)14-5-16-26(18-25)24(30)21-9-11-22(12-10-21)27-17-4-8-23(27)29/h1-3,6-7,9-12,28H,4-5,8,13-19H2/t25-/m1/s1. The van der Waals surface area contributed by atoms with Crippen LogP contribution in [-0.4, -0.2) is 48.1 Å². The van der Waals surface area contributed by atoms with Crippen molar-refractivity contribution in [1.82, 2.24) is 4.90 Å². The van der Waals surface area contributed by atoms with E-state index in [2.05, 4.69) is 12.1 Å². The van der Waals surface area contributed by atoms with Crippen LogP contribution in [0, 0.1) is 5.41 Å². The van der Waals surface area contributed by atoms with Gasteiger partial charge in [-0.15, -0.1) is 0 Å². The van der Waals surface area contributed by atoms with Crippen LogP contribution in [0.15, 0.2) is 54.6 Å². The Labute approximate surface area is 178 Å². The molecule has 0 aliphatic carbocycles. The van der Waals surface area contributed by atoms with Crippen LogP contribution in [0.25, 0.3) is 0 Å². The molecule has 5 nitrogen and oxygen atoms in total. The number of carbonyl (C=O) groups excluding carboxylic acids is 2. The van der Waals surface area contributed by atoms with Crippen LogP contribution in [0.1, 0.15) is 48.0 Å². The van der Waals surface area contributed by atoms with Crippen molar-refractivity contribution in [3.05, 3.63) is 65.7 Å². The summed E-state index contributed by atoms with van der Waals surface area (Å²) in [5.41, 5.74) is 2.52. The van der Waals surface area contributed by atoms with Gasteiger partial charge >= 0.3 is 0 Å². The van der Waals surface area contributed by atoms with Gasteiger partial charge in [0.1, 0.15) is 0 Å². The zero-order valence-corrected chi connectivity index (χ0v) is 17.4. The molecule has 5 heteroatoms. The summed E-state index contributed by atoms with van der Waals surface area (Å²) in [5, 5.41) is 10.2. The van der Waals surface area contributed by atoms with E-state index in [0.717, 1.165) is 50.9 Å². The van der Waals surface area contributed by atoms with Crippen molar-refractivity contribution < 1.29 is 14.7 Å². The monoisotopic (exact) mass is 406 g/mol. The lowest BCUT2D eigenvalue weighted by Gasteiger charge is -2.42. The lowest BCUT2D eigenvalue weighted by Crippen LogP contribution is -2.48. The van der Waals surface area contributed by atoms with Gasteiger partial charge in [0.15, 0.2) is 0 Å². The first-order valence-electron chi connectivity index (χ1n) is 10.9. The number of likely N-dealkylation sites (tertiary alicyclic amines) is 1. The molecular formula is C25H30N2O3. The SMILES string of the molecule is O=C(c1ccc(N2CCCC2=O)cc1)N1CCC[C@@](CO)(CCc2ccccc2)C1. The highest BCUT2D eigenvalue weighted by Gasteiger charge is 2.36. The summed E-state index contributed by atoms with van der Waals surface area (Å²) in [6.07, 6.45) is 5.10. The molecule has 0 aromatic heterocycles. The zero-order chi connectivity index (χ0) is 21.0. The number of piperidine rings is 1. The number of rotatable bonds is 6. The molecule has 0 radical (unpaired) electrons. The number of carbonyl (C=O) groups is 2. The van der Waals surface area contributed by atoms with E-state index in [0.29, 0.717) is 18.5 Å². The highest BCUT2D eigenvalue weighted by Crippen LogP contribution is 2.35. The lowest BCUT2D eigenvalue weighted by molar-refractivity contribution is -0.117. The van der Waals surface area contributed by atoms with Crippen LogP contribution in [0.5, 0.6) is 0 Å². The molecule has 2 aliphatic rings. The van der Waals surface area contributed by atoms with Crippen LogP contribution in [0.4, 0.5) is 5.69 Å². The minimum Gasteiger partial charge on any atom is -0.396 e. The number of anilines is 1. The maximum atomic E-state index is 13.1. The number of hydrogen-bond acceptors (Lipinski definition) is 3. The molecule has 1 atom stereocenters. The molecule has 2 aliphatic heterocycles. The van der Waals surface area contributed by atoms with E-state index in [1.807, 2.05) is 47.4 Å². The third-order valence-electron chi connectivity index (χ3n) is 6.57. The van der Waals surface area contributed by atoms with Gasteiger partial charge in [-0.1, -0.05) is 30.3 Å². The normalized spacial score (nSPS) is 21.8.